The van der Waals surface area contributed by atoms with Crippen LogP contribution in [0.25, 0.3) is 0 Å². The molecule has 12 heavy (non-hydrogen) atoms. The van der Waals surface area contributed by atoms with Crippen LogP contribution in [0.4, 0.5) is 0 Å². The van der Waals surface area contributed by atoms with Crippen molar-refractivity contribution in [2.75, 3.05) is 6.61 Å². The number of carbonyl (C=O) groups is 1. The van der Waals surface area contributed by atoms with E-state index in [0.29, 0.717) is 0 Å². The summed E-state index contributed by atoms with van der Waals surface area (Å²) in [6, 6.07) is 0. The number of aliphatic hydroxyl groups excluding tert-OH is 3. The minimum atomic E-state index is -1.46. The highest BCUT2D eigenvalue weighted by Crippen LogP contribution is 2.19. The van der Waals surface area contributed by atoms with E-state index < -0.39 is 36.3 Å². The Hall–Kier alpha value is -1.27. The molecule has 0 bridgehead atoms. The normalized spacial score (nSPS) is 25.8. The molecule has 6 nitrogen and oxygen atoms in total. The van der Waals surface area contributed by atoms with Crippen molar-refractivity contribution in [1.29, 1.82) is 0 Å². The second kappa shape index (κ2) is 3.00. The maximum absolute atomic E-state index is 10.6. The Bertz CT molecular complexity index is 232. The van der Waals surface area contributed by atoms with Gasteiger partial charge in [0.25, 0.3) is 0 Å². The van der Waals surface area contributed by atoms with Gasteiger partial charge in [-0.3, -0.25) is 0 Å². The van der Waals surface area contributed by atoms with E-state index in [4.69, 9.17) is 15.3 Å². The quantitative estimate of drug-likeness (QED) is 0.397. The highest BCUT2D eigenvalue weighted by atomic mass is 16.6. The first kappa shape index (κ1) is 8.82. The number of hydrogen-bond donors (Lipinski definition) is 3. The van der Waals surface area contributed by atoms with Crippen molar-refractivity contribution < 1.29 is 30.0 Å². The minimum absolute atomic E-state index is 0.699. The van der Waals surface area contributed by atoms with Crippen LogP contribution in [0, 0.1) is 0 Å². The molecule has 1 aliphatic rings. The molecule has 0 unspecified atom stereocenters. The zero-order valence-electron chi connectivity index (χ0n) is 5.93. The lowest BCUT2D eigenvalue weighted by Crippen LogP contribution is -2.31. The van der Waals surface area contributed by atoms with Crippen LogP contribution < -0.4 is 5.11 Å². The van der Waals surface area contributed by atoms with Crippen LogP contribution in [-0.4, -0.2) is 40.1 Å². The molecule has 68 valence electrons. The van der Waals surface area contributed by atoms with Crippen LogP contribution in [0.1, 0.15) is 0 Å². The number of esters is 1. The number of hydrogen-bond acceptors (Lipinski definition) is 6. The number of ether oxygens (including phenoxy) is 1. The molecule has 0 aromatic heterocycles. The summed E-state index contributed by atoms with van der Waals surface area (Å²) in [6.07, 6.45) is -2.88. The van der Waals surface area contributed by atoms with Gasteiger partial charge in [-0.2, -0.15) is 0 Å². The van der Waals surface area contributed by atoms with E-state index in [0.717, 1.165) is 0 Å². The lowest BCUT2D eigenvalue weighted by Gasteiger charge is -2.14. The molecule has 0 aromatic rings. The summed E-state index contributed by atoms with van der Waals surface area (Å²) in [4.78, 5) is 10.5. The Labute approximate surface area is 67.3 Å². The van der Waals surface area contributed by atoms with Gasteiger partial charge in [0.1, 0.15) is 11.9 Å². The predicted molar refractivity (Wildman–Crippen MR) is 32.6 cm³/mol. The Morgan fingerprint density at radius 1 is 1.67 bits per heavy atom. The number of aliphatic hydroxyl groups is 3. The van der Waals surface area contributed by atoms with Crippen LogP contribution in [0.5, 0.6) is 0 Å². The van der Waals surface area contributed by atoms with Crippen LogP contribution in [0.3, 0.4) is 0 Å². The second-order valence-electron chi connectivity index (χ2n) is 2.29. The van der Waals surface area contributed by atoms with Crippen molar-refractivity contribution in [1.82, 2.24) is 0 Å². The zero-order chi connectivity index (χ0) is 9.30. The summed E-state index contributed by atoms with van der Waals surface area (Å²) >= 11 is 0. The molecule has 0 spiro atoms. The van der Waals surface area contributed by atoms with E-state index in [1.165, 1.54) is 0 Å². The highest BCUT2D eigenvalue weighted by Gasteiger charge is 2.34. The summed E-state index contributed by atoms with van der Waals surface area (Å²) in [5.41, 5.74) is 0. The predicted octanol–water partition coefficient (Wildman–Crippen LogP) is -2.61. The first-order chi connectivity index (χ1) is 5.57. The topological polar surface area (TPSA) is 110 Å². The van der Waals surface area contributed by atoms with Crippen LogP contribution in [0.2, 0.25) is 0 Å². The molecule has 6 heteroatoms. The molecule has 3 N–H and O–H groups in total. The molecule has 1 heterocycles. The Kier molecular flexibility index (Phi) is 2.20. The molecule has 0 saturated heterocycles. The molecule has 0 aromatic carbocycles. The third-order valence-electron chi connectivity index (χ3n) is 1.46. The van der Waals surface area contributed by atoms with Crippen LogP contribution in [0.15, 0.2) is 11.5 Å². The van der Waals surface area contributed by atoms with Crippen molar-refractivity contribution in [3.05, 3.63) is 11.5 Å². The van der Waals surface area contributed by atoms with Gasteiger partial charge in [-0.1, -0.05) is 0 Å². The summed E-state index contributed by atoms with van der Waals surface area (Å²) in [5.74, 6) is -3.25. The second-order valence-corrected chi connectivity index (χ2v) is 2.29. The van der Waals surface area contributed by atoms with Crippen LogP contribution >= 0.6 is 0 Å². The first-order valence-electron chi connectivity index (χ1n) is 3.18. The lowest BCUT2D eigenvalue weighted by molar-refractivity contribution is -0.303. The molecule has 1 rings (SSSR count). The number of cyclic esters (lactones) is 1. The van der Waals surface area contributed by atoms with Crippen molar-refractivity contribution in [2.24, 2.45) is 0 Å². The third kappa shape index (κ3) is 1.21. The molecule has 0 saturated carbocycles. The smallest absolute Gasteiger partial charge is 0.327 e. The first-order valence-corrected chi connectivity index (χ1v) is 3.18. The standard InChI is InChI=1S/C6H8O6/c7-1-2(8)5-3(9)4(10)6(11)12-5/h2,5,7-10H,1H2/p-1/t2-,5-/m1/s1. The summed E-state index contributed by atoms with van der Waals surface area (Å²) < 4.78 is 4.25. The van der Waals surface area contributed by atoms with E-state index >= 15 is 0 Å². The Morgan fingerprint density at radius 3 is 2.58 bits per heavy atom. The third-order valence-corrected chi connectivity index (χ3v) is 1.46. The van der Waals surface area contributed by atoms with Gasteiger partial charge in [0, 0.05) is 5.76 Å². The number of rotatable bonds is 2. The van der Waals surface area contributed by atoms with E-state index in [1.807, 2.05) is 0 Å². The SMILES string of the molecule is O=C1O[C@H]([C@H](O)CO)C(O)=C1[O-]. The Morgan fingerprint density at radius 2 is 2.25 bits per heavy atom. The lowest BCUT2D eigenvalue weighted by atomic mass is 10.2. The number of carbonyl (C=O) groups excluding carboxylic acids is 1. The summed E-state index contributed by atoms with van der Waals surface area (Å²) in [5, 5.41) is 36.8. The van der Waals surface area contributed by atoms with Gasteiger partial charge >= 0.3 is 5.97 Å². The maximum atomic E-state index is 10.6. The van der Waals surface area contributed by atoms with Crippen molar-refractivity contribution in [3.63, 3.8) is 0 Å². The van der Waals surface area contributed by atoms with E-state index in [2.05, 4.69) is 4.74 Å². The molecular weight excluding hydrogens is 168 g/mol. The van der Waals surface area contributed by atoms with Gasteiger partial charge in [0.15, 0.2) is 6.10 Å². The summed E-state index contributed by atoms with van der Waals surface area (Å²) in [7, 11) is 0. The molecule has 1 aliphatic heterocycles. The van der Waals surface area contributed by atoms with E-state index in [1.54, 1.807) is 0 Å². The average Bonchev–Trinajstić information content (AvgIpc) is 2.32. The van der Waals surface area contributed by atoms with Gasteiger partial charge in [-0.05, 0) is 0 Å². The van der Waals surface area contributed by atoms with E-state index in [-0.39, 0.29) is 0 Å². The monoisotopic (exact) mass is 175 g/mol. The largest absolute Gasteiger partial charge is 0.865 e. The fourth-order valence-electron chi connectivity index (χ4n) is 0.815. The van der Waals surface area contributed by atoms with Crippen molar-refractivity contribution in [3.8, 4) is 0 Å². The van der Waals surface area contributed by atoms with Gasteiger partial charge in [0.05, 0.1) is 6.61 Å². The Balaban J connectivity index is 2.80. The van der Waals surface area contributed by atoms with Gasteiger partial charge < -0.3 is 25.2 Å². The minimum Gasteiger partial charge on any atom is -0.865 e. The summed E-state index contributed by atoms with van der Waals surface area (Å²) in [6.45, 7) is -0.699. The van der Waals surface area contributed by atoms with Gasteiger partial charge in [0.2, 0.25) is 0 Å². The molecule has 2 atom stereocenters. The van der Waals surface area contributed by atoms with Gasteiger partial charge in [-0.15, -0.1) is 0 Å². The molecular formula is C6H7O6-. The fourth-order valence-corrected chi connectivity index (χ4v) is 0.815. The molecule has 0 amide bonds. The maximum Gasteiger partial charge on any atom is 0.327 e. The fraction of sp³-hybridized carbons (Fsp3) is 0.500. The highest BCUT2D eigenvalue weighted by molar-refractivity contribution is 5.88. The molecule has 0 fully saturated rings. The van der Waals surface area contributed by atoms with Crippen LogP contribution in [-0.2, 0) is 9.53 Å². The molecule has 0 aliphatic carbocycles. The zero-order valence-corrected chi connectivity index (χ0v) is 5.93. The molecule has 0 radical (unpaired) electrons. The van der Waals surface area contributed by atoms with E-state index in [9.17, 15) is 9.90 Å². The van der Waals surface area contributed by atoms with Gasteiger partial charge in [-0.25, -0.2) is 4.79 Å². The van der Waals surface area contributed by atoms with Crippen molar-refractivity contribution >= 4 is 5.97 Å². The van der Waals surface area contributed by atoms with Crippen molar-refractivity contribution in [2.45, 2.75) is 12.2 Å². The average molecular weight is 175 g/mol.